The highest BCUT2D eigenvalue weighted by molar-refractivity contribution is 8.04. The fourth-order valence-electron chi connectivity index (χ4n) is 4.70. The van der Waals surface area contributed by atoms with Gasteiger partial charge in [-0.3, -0.25) is 18.8 Å². The molecule has 0 atom stereocenters. The number of hydrogen-bond acceptors (Lipinski definition) is 28. The molecule has 0 unspecified atom stereocenters. The molecule has 0 saturated heterocycles. The lowest BCUT2D eigenvalue weighted by molar-refractivity contribution is -0.432. The van der Waals surface area contributed by atoms with E-state index < -0.39 is 65.0 Å². The molecule has 0 radical (unpaired) electrons. The van der Waals surface area contributed by atoms with Gasteiger partial charge in [0.1, 0.15) is 33.4 Å². The van der Waals surface area contributed by atoms with Crippen LogP contribution in [-0.2, 0) is 53.3 Å². The first-order chi connectivity index (χ1) is 30.4. The minimum Gasteiger partial charge on any atom is -0.505 e. The number of azo groups is 2. The fourth-order valence-corrected chi connectivity index (χ4v) is 7.68. The van der Waals surface area contributed by atoms with E-state index in [1.54, 1.807) is 0 Å². The van der Waals surface area contributed by atoms with Crippen molar-refractivity contribution in [1.82, 2.24) is 15.0 Å². The predicted octanol–water partition coefficient (Wildman–Crippen LogP) is 7.59. The van der Waals surface area contributed by atoms with Crippen molar-refractivity contribution < 1.29 is 84.2 Å². The number of aliphatic carboxylic acids is 1. The number of carbonyl (C=O) groups is 1. The van der Waals surface area contributed by atoms with Crippen LogP contribution in [0.25, 0.3) is 10.8 Å². The number of aromatic nitrogens is 3. The predicted molar refractivity (Wildman–Crippen MR) is 223 cm³/mol. The second kappa shape index (κ2) is 22.5. The number of nitrogens with one attached hydrogen (secondary N) is 1. The molecule has 4 aromatic carbocycles. The summed E-state index contributed by atoms with van der Waals surface area (Å²) in [6.07, 6.45) is 1.87. The molecule has 0 spiro atoms. The average molecular weight is 1020 g/mol. The zero-order valence-corrected chi connectivity index (χ0v) is 36.6. The van der Waals surface area contributed by atoms with Crippen molar-refractivity contribution in [3.8, 4) is 22.9 Å². The van der Waals surface area contributed by atoms with E-state index in [0.717, 1.165) is 35.7 Å². The van der Waals surface area contributed by atoms with E-state index in [1.807, 2.05) is 6.11 Å². The Kier molecular flexibility index (Phi) is 17.4. The van der Waals surface area contributed by atoms with Gasteiger partial charge in [-0.05, 0) is 76.2 Å². The van der Waals surface area contributed by atoms with Gasteiger partial charge in [0, 0.05) is 21.2 Å². The van der Waals surface area contributed by atoms with E-state index in [2.05, 4.69) is 73.9 Å². The van der Waals surface area contributed by atoms with E-state index >= 15 is 0 Å². The summed E-state index contributed by atoms with van der Waals surface area (Å²) in [7, 11) is -8.80. The van der Waals surface area contributed by atoms with Gasteiger partial charge in [-0.15, -0.1) is 29.1 Å². The van der Waals surface area contributed by atoms with Crippen molar-refractivity contribution in [2.75, 3.05) is 23.9 Å². The van der Waals surface area contributed by atoms with Crippen molar-refractivity contribution in [3.63, 3.8) is 0 Å². The maximum absolute atomic E-state index is 12.8. The van der Waals surface area contributed by atoms with Crippen LogP contribution in [-0.4, -0.2) is 80.5 Å². The monoisotopic (exact) mass is 1020 g/mol. The Morgan fingerprint density at radius 2 is 1.61 bits per heavy atom. The van der Waals surface area contributed by atoms with Crippen LogP contribution in [0.1, 0.15) is 0 Å². The second-order valence-electron chi connectivity index (χ2n) is 11.0. The average Bonchev–Trinajstić information content (AvgIpc) is 3.22. The van der Waals surface area contributed by atoms with Gasteiger partial charge in [0.05, 0.1) is 57.8 Å². The molecule has 338 valence electrons. The second-order valence-corrected chi connectivity index (χ2v) is 17.1. The van der Waals surface area contributed by atoms with Crippen LogP contribution in [0.15, 0.2) is 93.7 Å². The van der Waals surface area contributed by atoms with Crippen molar-refractivity contribution in [2.45, 2.75) is 24.7 Å². The zero-order valence-electron chi connectivity index (χ0n) is 30.9. The quantitative estimate of drug-likeness (QED) is 0.00543. The third-order valence-corrected chi connectivity index (χ3v) is 11.2. The number of carboxylic acids is 1. The molecule has 5 aromatic rings. The number of halogens is 1. The third kappa shape index (κ3) is 13.8. The minimum absolute atomic E-state index is 0.00889. The fraction of sp³-hybridized carbons (Fsp3) is 0.0667. The number of aromatic hydroxyl groups is 1. The molecule has 1 aromatic heterocycles. The number of anilines is 3. The summed E-state index contributed by atoms with van der Waals surface area (Å²) in [4.78, 5) is 26.4. The first-order valence-corrected chi connectivity index (χ1v) is 22.4. The Balaban J connectivity index is 1.60. The molecule has 1 heterocycles. The molecule has 9 N–H and O–H groups in total. The normalized spacial score (nSPS) is 11.8. The van der Waals surface area contributed by atoms with Crippen LogP contribution in [0.4, 0.5) is 40.1 Å². The van der Waals surface area contributed by atoms with E-state index in [0.29, 0.717) is 16.9 Å². The first kappa shape index (κ1) is 49.6. The summed E-state index contributed by atoms with van der Waals surface area (Å²) >= 11 is 8.20. The number of thioether (sulfide) groups is 2. The van der Waals surface area contributed by atoms with E-state index in [4.69, 9.17) is 42.2 Å². The Hall–Kier alpha value is -5.39. The first-order valence-electron chi connectivity index (χ1n) is 16.0. The molecule has 0 aliphatic heterocycles. The molecule has 0 aliphatic carbocycles. The lowest BCUT2D eigenvalue weighted by Gasteiger charge is -2.14. The minimum atomic E-state index is -5.17. The maximum atomic E-state index is 12.8. The van der Waals surface area contributed by atoms with Crippen LogP contribution in [0.5, 0.6) is 11.5 Å². The molecule has 0 aliphatic rings. The number of benzene rings is 4. The standard InChI is InChI=1S/C30H22ClN9O18S6/c1-52-19-4-3-14(59-7-6-53-58-64(49,50)51)9-16(19)37-40-26-21(62-57-55-45)10-15-22(63(46,47)48)11-18(25(32)24(15)27(26)43)39-38-17-8-13(2-5-20(17)61-56-54-44)33-29-34-28(31)35-30(36-29)60-12-23(41)42/h2-5,8-11,43-45H,12,32H2,1H3,(H,41,42)(H,46,47,48)(H,49,50,51)(H,33,34,35,36). The molecule has 0 saturated carbocycles. The molecular formula is C30H22ClN9O18S6. The van der Waals surface area contributed by atoms with Gasteiger partial charge in [-0.1, -0.05) is 21.8 Å². The number of methoxy groups -OCH3 is 1. The lowest BCUT2D eigenvalue weighted by Crippen LogP contribution is -2.03. The van der Waals surface area contributed by atoms with Crippen molar-refractivity contribution in [2.24, 2.45) is 20.5 Å². The smallest absolute Gasteiger partial charge is 0.433 e. The number of rotatable bonds is 20. The van der Waals surface area contributed by atoms with E-state index in [1.165, 1.54) is 43.5 Å². The highest BCUT2D eigenvalue weighted by atomic mass is 35.5. The molecule has 0 bridgehead atoms. The summed E-state index contributed by atoms with van der Waals surface area (Å²) in [5, 5.41) is 66.1. The van der Waals surface area contributed by atoms with Gasteiger partial charge in [0.25, 0.3) is 10.1 Å². The number of carboxylic acid groups (broad SMARTS) is 1. The van der Waals surface area contributed by atoms with Crippen LogP contribution < -0.4 is 15.8 Å². The van der Waals surface area contributed by atoms with Gasteiger partial charge in [0.15, 0.2) is 17.0 Å². The molecule has 0 amide bonds. The van der Waals surface area contributed by atoms with Crippen molar-refractivity contribution >= 4 is 137 Å². The molecule has 0 fully saturated rings. The Bertz CT molecular complexity index is 2930. The van der Waals surface area contributed by atoms with Gasteiger partial charge in [0.2, 0.25) is 11.2 Å². The number of nitrogens with two attached hydrogens (primary N) is 1. The topological polar surface area (TPSA) is 398 Å². The lowest BCUT2D eigenvalue weighted by atomic mass is 10.0. The summed E-state index contributed by atoms with van der Waals surface area (Å²) in [6.45, 7) is 0. The number of nitrogens with zero attached hydrogens (tertiary/aromatic N) is 7. The number of fused-ring (bicyclic) bond motifs is 1. The van der Waals surface area contributed by atoms with E-state index in [9.17, 15) is 31.3 Å². The van der Waals surface area contributed by atoms with Crippen LogP contribution >= 0.6 is 59.2 Å². The SMILES string of the molecule is COc1ccc(SC#COOS(=O)(=O)O)cc1N=Nc1c(SOOO)cc2c(S(=O)(=O)O)cc(N=Nc3cc(Nc4nc(Cl)nc(SCC(=O)O)n4)ccc3SOOO)c(N)c2c1O. The van der Waals surface area contributed by atoms with Gasteiger partial charge in [-0.25, -0.2) is 10.5 Å². The molecule has 34 heteroatoms. The van der Waals surface area contributed by atoms with Crippen LogP contribution in [0, 0.1) is 11.4 Å². The molecular weight excluding hydrogens is 1000 g/mol. The Labute approximate surface area is 379 Å². The summed E-state index contributed by atoms with van der Waals surface area (Å²) < 4.78 is 83.8. The molecule has 64 heavy (non-hydrogen) atoms. The number of phenolic OH excluding ortho intramolecular Hbond substituents is 1. The van der Waals surface area contributed by atoms with Gasteiger partial charge in [-0.2, -0.15) is 31.8 Å². The Morgan fingerprint density at radius 3 is 2.28 bits per heavy atom. The van der Waals surface area contributed by atoms with Crippen LogP contribution in [0.2, 0.25) is 5.28 Å². The number of nitrogen functional groups attached to an aromatic ring is 1. The highest BCUT2D eigenvalue weighted by Gasteiger charge is 2.26. The summed E-state index contributed by atoms with van der Waals surface area (Å²) in [6, 6.07) is 10.3. The number of hydrogen-bond donors (Lipinski definition) is 8. The highest BCUT2D eigenvalue weighted by Crippen LogP contribution is 2.50. The molecule has 5 rings (SSSR count). The van der Waals surface area contributed by atoms with Crippen LogP contribution in [0.3, 0.4) is 0 Å². The molecule has 27 nitrogen and oxygen atoms in total. The largest absolute Gasteiger partial charge is 0.505 e. The Morgan fingerprint density at radius 1 is 0.906 bits per heavy atom. The van der Waals surface area contributed by atoms with E-state index in [-0.39, 0.29) is 66.8 Å². The van der Waals surface area contributed by atoms with Gasteiger partial charge >= 0.3 is 16.4 Å². The number of phenols is 1. The maximum Gasteiger partial charge on any atom is 0.433 e. The zero-order chi connectivity index (χ0) is 46.6. The summed E-state index contributed by atoms with van der Waals surface area (Å²) in [5.41, 5.74) is 5.23. The summed E-state index contributed by atoms with van der Waals surface area (Å²) in [5.74, 6) is -2.38. The van der Waals surface area contributed by atoms with Crippen molar-refractivity contribution in [3.05, 3.63) is 53.8 Å². The third-order valence-electron chi connectivity index (χ3n) is 7.08. The number of ether oxygens (including phenoxy) is 1. The van der Waals surface area contributed by atoms with Gasteiger partial charge < -0.3 is 26.0 Å². The van der Waals surface area contributed by atoms with Crippen molar-refractivity contribution in [1.29, 1.82) is 0 Å².